The lowest BCUT2D eigenvalue weighted by molar-refractivity contribution is -0.120. The van der Waals surface area contributed by atoms with Crippen molar-refractivity contribution in [2.45, 2.75) is 12.8 Å². The molecule has 3 aromatic rings. The number of pyridine rings is 1. The normalized spacial score (nSPS) is 13.1. The fraction of sp³-hybridized carbons (Fsp3) is 0.190. The van der Waals surface area contributed by atoms with Crippen LogP contribution in [0.25, 0.3) is 10.8 Å². The molecule has 27 heavy (non-hydrogen) atoms. The van der Waals surface area contributed by atoms with Gasteiger partial charge in [0.05, 0.1) is 6.54 Å². The van der Waals surface area contributed by atoms with Gasteiger partial charge in [-0.1, -0.05) is 42.5 Å². The zero-order valence-electron chi connectivity index (χ0n) is 14.8. The third kappa shape index (κ3) is 3.60. The number of fused-ring (bicyclic) bond motifs is 2. The van der Waals surface area contributed by atoms with Crippen molar-refractivity contribution in [2.24, 2.45) is 0 Å². The molecule has 0 aliphatic carbocycles. The van der Waals surface area contributed by atoms with Gasteiger partial charge in [-0.05, 0) is 35.9 Å². The van der Waals surface area contributed by atoms with E-state index in [1.54, 1.807) is 6.20 Å². The molecule has 136 valence electrons. The summed E-state index contributed by atoms with van der Waals surface area (Å²) in [5, 5.41) is 1.67. The average molecular weight is 360 g/mol. The van der Waals surface area contributed by atoms with Gasteiger partial charge in [0.1, 0.15) is 5.69 Å². The number of hydrogen-bond acceptors (Lipinski definition) is 4. The molecule has 2 heterocycles. The molecule has 1 aromatic heterocycles. The molecule has 2 N–H and O–H groups in total. The minimum absolute atomic E-state index is 0.195. The fourth-order valence-electron chi connectivity index (χ4n) is 3.47. The van der Waals surface area contributed by atoms with Crippen molar-refractivity contribution in [1.29, 1.82) is 0 Å². The van der Waals surface area contributed by atoms with Crippen molar-refractivity contribution < 1.29 is 9.59 Å². The first kappa shape index (κ1) is 17.0. The van der Waals surface area contributed by atoms with E-state index in [9.17, 15) is 9.59 Å². The number of carbonyl (C=O) groups excluding carboxylic acids is 2. The van der Waals surface area contributed by atoms with Gasteiger partial charge in [0.15, 0.2) is 0 Å². The summed E-state index contributed by atoms with van der Waals surface area (Å²) in [7, 11) is 0. The van der Waals surface area contributed by atoms with E-state index in [0.717, 1.165) is 35.8 Å². The number of para-hydroxylation sites is 1. The van der Waals surface area contributed by atoms with Gasteiger partial charge in [0.25, 0.3) is 11.8 Å². The van der Waals surface area contributed by atoms with Crippen LogP contribution in [0.15, 0.2) is 60.8 Å². The first-order valence-electron chi connectivity index (χ1n) is 8.98. The summed E-state index contributed by atoms with van der Waals surface area (Å²) in [5.74, 6) is -0.695. The van der Waals surface area contributed by atoms with E-state index >= 15 is 0 Å². The number of amides is 2. The van der Waals surface area contributed by atoms with Crippen LogP contribution in [-0.2, 0) is 11.2 Å². The molecule has 0 saturated heterocycles. The lowest BCUT2D eigenvalue weighted by Gasteiger charge is -2.30. The predicted molar refractivity (Wildman–Crippen MR) is 104 cm³/mol. The molecule has 0 spiro atoms. The van der Waals surface area contributed by atoms with E-state index in [4.69, 9.17) is 0 Å². The van der Waals surface area contributed by atoms with Crippen LogP contribution >= 0.6 is 0 Å². The van der Waals surface area contributed by atoms with Gasteiger partial charge in [-0.15, -0.1) is 0 Å². The zero-order valence-corrected chi connectivity index (χ0v) is 14.8. The van der Waals surface area contributed by atoms with Crippen LogP contribution in [0.2, 0.25) is 0 Å². The number of benzene rings is 2. The maximum absolute atomic E-state index is 12.5. The second kappa shape index (κ2) is 7.45. The van der Waals surface area contributed by atoms with Crippen molar-refractivity contribution in [3.63, 3.8) is 0 Å². The number of anilines is 1. The summed E-state index contributed by atoms with van der Waals surface area (Å²) in [4.78, 5) is 31.0. The van der Waals surface area contributed by atoms with Crippen LogP contribution in [0.1, 0.15) is 22.5 Å². The van der Waals surface area contributed by atoms with Crippen LogP contribution in [0.4, 0.5) is 5.69 Å². The number of rotatable bonds is 3. The number of hydrazine groups is 1. The number of carbonyl (C=O) groups is 2. The topological polar surface area (TPSA) is 74.3 Å². The molecule has 2 amide bonds. The first-order valence-corrected chi connectivity index (χ1v) is 8.98. The molecule has 6 heteroatoms. The third-order valence-corrected chi connectivity index (χ3v) is 4.75. The minimum atomic E-state index is -0.431. The highest BCUT2D eigenvalue weighted by atomic mass is 16.2. The Bertz CT molecular complexity index is 997. The van der Waals surface area contributed by atoms with Gasteiger partial charge in [-0.3, -0.25) is 25.4 Å². The molecule has 6 nitrogen and oxygen atoms in total. The average Bonchev–Trinajstić information content (AvgIpc) is 2.72. The van der Waals surface area contributed by atoms with Crippen molar-refractivity contribution in [2.75, 3.05) is 18.0 Å². The highest BCUT2D eigenvalue weighted by Gasteiger charge is 2.19. The van der Waals surface area contributed by atoms with E-state index in [-0.39, 0.29) is 18.1 Å². The predicted octanol–water partition coefficient (Wildman–Crippen LogP) is 2.45. The smallest absolute Gasteiger partial charge is 0.288 e. The largest absolute Gasteiger partial charge is 0.362 e. The number of nitrogens with one attached hydrogen (secondary N) is 2. The summed E-state index contributed by atoms with van der Waals surface area (Å²) in [6.45, 7) is 1.02. The van der Waals surface area contributed by atoms with Crippen LogP contribution in [-0.4, -0.2) is 29.9 Å². The molecule has 1 aliphatic heterocycles. The molecule has 0 fully saturated rings. The molecule has 0 unspecified atom stereocenters. The van der Waals surface area contributed by atoms with E-state index in [2.05, 4.69) is 21.9 Å². The second-order valence-electron chi connectivity index (χ2n) is 6.54. The summed E-state index contributed by atoms with van der Waals surface area (Å²) in [6, 6.07) is 17.5. The Balaban J connectivity index is 1.40. The van der Waals surface area contributed by atoms with Crippen molar-refractivity contribution in [3.05, 3.63) is 72.1 Å². The zero-order chi connectivity index (χ0) is 18.6. The quantitative estimate of drug-likeness (QED) is 0.704. The third-order valence-electron chi connectivity index (χ3n) is 4.75. The van der Waals surface area contributed by atoms with Crippen LogP contribution in [0, 0.1) is 0 Å². The summed E-state index contributed by atoms with van der Waals surface area (Å²) in [6.07, 6.45) is 3.62. The maximum Gasteiger partial charge on any atom is 0.288 e. The highest BCUT2D eigenvalue weighted by Crippen LogP contribution is 2.26. The van der Waals surface area contributed by atoms with Gasteiger partial charge in [-0.2, -0.15) is 0 Å². The standard InChI is InChI=1S/C21H20N4O2/c26-19(14-25-13-5-8-16-7-2-4-10-18(16)25)23-24-21(27)20-17-9-3-1-6-15(17)11-12-22-20/h1-4,6-7,9-12H,5,8,13-14H2,(H,23,26)(H,24,27). The Labute approximate surface area is 157 Å². The van der Waals surface area contributed by atoms with Gasteiger partial charge in [-0.25, -0.2) is 0 Å². The fourth-order valence-corrected chi connectivity index (χ4v) is 3.47. The minimum Gasteiger partial charge on any atom is -0.362 e. The van der Waals surface area contributed by atoms with E-state index < -0.39 is 5.91 Å². The monoisotopic (exact) mass is 360 g/mol. The maximum atomic E-state index is 12.5. The molecule has 0 bridgehead atoms. The second-order valence-corrected chi connectivity index (χ2v) is 6.54. The summed E-state index contributed by atoms with van der Waals surface area (Å²) >= 11 is 0. The molecule has 0 atom stereocenters. The molecule has 1 aliphatic rings. The van der Waals surface area contributed by atoms with E-state index in [1.807, 2.05) is 53.4 Å². The lowest BCUT2D eigenvalue weighted by atomic mass is 10.0. The van der Waals surface area contributed by atoms with Crippen molar-refractivity contribution >= 4 is 28.3 Å². The van der Waals surface area contributed by atoms with Gasteiger partial charge >= 0.3 is 0 Å². The number of aryl methyl sites for hydroxylation is 1. The molecule has 0 radical (unpaired) electrons. The van der Waals surface area contributed by atoms with Gasteiger partial charge in [0.2, 0.25) is 0 Å². The SMILES string of the molecule is O=C(CN1CCCc2ccccc21)NNC(=O)c1nccc2ccccc12. The Kier molecular flexibility index (Phi) is 4.70. The molecule has 2 aromatic carbocycles. The summed E-state index contributed by atoms with van der Waals surface area (Å²) in [5.41, 5.74) is 7.60. The molecule has 4 rings (SSSR count). The number of hydrogen-bond donors (Lipinski definition) is 2. The Morgan fingerprint density at radius 1 is 1.00 bits per heavy atom. The number of aromatic nitrogens is 1. The van der Waals surface area contributed by atoms with E-state index in [1.165, 1.54) is 5.56 Å². The van der Waals surface area contributed by atoms with Gasteiger partial charge in [0, 0.05) is 23.8 Å². The Morgan fingerprint density at radius 2 is 1.81 bits per heavy atom. The summed E-state index contributed by atoms with van der Waals surface area (Å²) < 4.78 is 0. The molecular weight excluding hydrogens is 340 g/mol. The molecule has 0 saturated carbocycles. The Hall–Kier alpha value is -3.41. The van der Waals surface area contributed by atoms with Crippen molar-refractivity contribution in [1.82, 2.24) is 15.8 Å². The van der Waals surface area contributed by atoms with Crippen molar-refractivity contribution in [3.8, 4) is 0 Å². The van der Waals surface area contributed by atoms with Gasteiger partial charge < -0.3 is 4.90 Å². The van der Waals surface area contributed by atoms with Crippen LogP contribution in [0.3, 0.4) is 0 Å². The first-order chi connectivity index (χ1) is 13.2. The molecular formula is C21H20N4O2. The van der Waals surface area contributed by atoms with Crippen LogP contribution in [0.5, 0.6) is 0 Å². The lowest BCUT2D eigenvalue weighted by Crippen LogP contribution is -2.47. The van der Waals surface area contributed by atoms with Crippen LogP contribution < -0.4 is 15.8 Å². The highest BCUT2D eigenvalue weighted by molar-refractivity contribution is 6.05. The van der Waals surface area contributed by atoms with E-state index in [0.29, 0.717) is 0 Å². The Morgan fingerprint density at radius 3 is 2.74 bits per heavy atom. The number of nitrogens with zero attached hydrogens (tertiary/aromatic N) is 2.